The van der Waals surface area contributed by atoms with Crippen molar-refractivity contribution in [1.82, 2.24) is 4.90 Å². The van der Waals surface area contributed by atoms with Gasteiger partial charge in [0.05, 0.1) is 18.6 Å². The minimum absolute atomic E-state index is 0.00579. The largest absolute Gasteiger partial charge is 0.465 e. The van der Waals surface area contributed by atoms with Gasteiger partial charge in [-0.15, -0.1) is 0 Å². The molecule has 1 rings (SSSR count). The summed E-state index contributed by atoms with van der Waals surface area (Å²) in [5.41, 5.74) is 0. The summed E-state index contributed by atoms with van der Waals surface area (Å²) in [7, 11) is 0. The second-order valence-electron chi connectivity index (χ2n) is 4.37. The van der Waals surface area contributed by atoms with Crippen molar-refractivity contribution < 1.29 is 19.1 Å². The van der Waals surface area contributed by atoms with Crippen LogP contribution in [0.5, 0.6) is 0 Å². The maximum atomic E-state index is 12.3. The molecule has 0 aliphatic carbocycles. The van der Waals surface area contributed by atoms with Crippen LogP contribution in [0.15, 0.2) is 0 Å². The number of rotatable bonds is 6. The van der Waals surface area contributed by atoms with Crippen LogP contribution in [0.2, 0.25) is 0 Å². The molecule has 0 aromatic heterocycles. The van der Waals surface area contributed by atoms with Crippen molar-refractivity contribution in [1.29, 1.82) is 0 Å². The third-order valence-electron chi connectivity index (χ3n) is 3.25. The Morgan fingerprint density at radius 3 is 2.61 bits per heavy atom. The Balaban J connectivity index is 2.58. The summed E-state index contributed by atoms with van der Waals surface area (Å²) in [6, 6.07) is 0. The fourth-order valence-corrected chi connectivity index (χ4v) is 2.28. The van der Waals surface area contributed by atoms with Crippen LogP contribution in [0, 0.1) is 5.92 Å². The molecule has 2 unspecified atom stereocenters. The number of nitrogens with zero attached hydrogens (tertiary/aromatic N) is 1. The van der Waals surface area contributed by atoms with Gasteiger partial charge < -0.3 is 14.4 Å². The van der Waals surface area contributed by atoms with Gasteiger partial charge in [0.2, 0.25) is 5.91 Å². The topological polar surface area (TPSA) is 55.8 Å². The van der Waals surface area contributed by atoms with Gasteiger partial charge in [0, 0.05) is 13.2 Å². The number of carbonyl (C=O) groups excluding carboxylic acids is 2. The molecule has 1 aliphatic rings. The summed E-state index contributed by atoms with van der Waals surface area (Å²) in [6.45, 7) is 7.17. The average Bonchev–Trinajstić information content (AvgIpc) is 2.83. The van der Waals surface area contributed by atoms with Gasteiger partial charge in [-0.1, -0.05) is 6.92 Å². The number of hydrogen-bond donors (Lipinski definition) is 0. The van der Waals surface area contributed by atoms with Crippen LogP contribution in [0.3, 0.4) is 0 Å². The Labute approximate surface area is 108 Å². The molecule has 0 radical (unpaired) electrons. The molecule has 5 nitrogen and oxygen atoms in total. The van der Waals surface area contributed by atoms with Gasteiger partial charge in [-0.2, -0.15) is 0 Å². The molecule has 18 heavy (non-hydrogen) atoms. The minimum atomic E-state index is -0.348. The first-order valence-corrected chi connectivity index (χ1v) is 6.69. The Morgan fingerprint density at radius 1 is 1.33 bits per heavy atom. The maximum absolute atomic E-state index is 12.3. The summed E-state index contributed by atoms with van der Waals surface area (Å²) in [6.07, 6.45) is 1.57. The highest BCUT2D eigenvalue weighted by molar-refractivity contribution is 5.84. The monoisotopic (exact) mass is 257 g/mol. The van der Waals surface area contributed by atoms with E-state index in [4.69, 9.17) is 9.47 Å². The minimum Gasteiger partial charge on any atom is -0.465 e. The zero-order valence-electron chi connectivity index (χ0n) is 11.5. The Bertz CT molecular complexity index is 293. The van der Waals surface area contributed by atoms with Crippen LogP contribution in [-0.2, 0) is 19.1 Å². The Morgan fingerprint density at radius 2 is 2.06 bits per heavy atom. The second kappa shape index (κ2) is 7.36. The van der Waals surface area contributed by atoms with Gasteiger partial charge >= 0.3 is 5.97 Å². The lowest BCUT2D eigenvalue weighted by atomic mass is 9.98. The van der Waals surface area contributed by atoms with Crippen molar-refractivity contribution in [3.63, 3.8) is 0 Å². The number of amides is 1. The predicted molar refractivity (Wildman–Crippen MR) is 67.0 cm³/mol. The van der Waals surface area contributed by atoms with Crippen LogP contribution >= 0.6 is 0 Å². The van der Waals surface area contributed by atoms with E-state index < -0.39 is 0 Å². The summed E-state index contributed by atoms with van der Waals surface area (Å²) < 4.78 is 10.4. The Hall–Kier alpha value is -1.10. The van der Waals surface area contributed by atoms with Crippen LogP contribution < -0.4 is 0 Å². The van der Waals surface area contributed by atoms with Crippen molar-refractivity contribution in [3.8, 4) is 0 Å². The first-order chi connectivity index (χ1) is 8.63. The summed E-state index contributed by atoms with van der Waals surface area (Å²) in [5, 5.41) is 0. The number of hydrogen-bond acceptors (Lipinski definition) is 4. The van der Waals surface area contributed by atoms with E-state index in [2.05, 4.69) is 0 Å². The lowest BCUT2D eigenvalue weighted by Gasteiger charge is -2.25. The molecule has 1 amide bonds. The van der Waals surface area contributed by atoms with Gasteiger partial charge in [0.25, 0.3) is 0 Å². The molecule has 0 spiro atoms. The molecular weight excluding hydrogens is 234 g/mol. The van der Waals surface area contributed by atoms with E-state index in [1.807, 2.05) is 13.8 Å². The lowest BCUT2D eigenvalue weighted by Crippen LogP contribution is -2.42. The molecule has 2 atom stereocenters. The molecule has 5 heteroatoms. The molecule has 1 fully saturated rings. The lowest BCUT2D eigenvalue weighted by molar-refractivity contribution is -0.150. The van der Waals surface area contributed by atoms with Crippen LogP contribution in [0.25, 0.3) is 0 Å². The third-order valence-corrected chi connectivity index (χ3v) is 3.25. The summed E-state index contributed by atoms with van der Waals surface area (Å²) in [4.78, 5) is 25.3. The SMILES string of the molecule is CCOC(=O)CN(CC)C(=O)C1CCOC1CC. The first kappa shape index (κ1) is 15.0. The highest BCUT2D eigenvalue weighted by atomic mass is 16.5. The second-order valence-corrected chi connectivity index (χ2v) is 4.37. The smallest absolute Gasteiger partial charge is 0.325 e. The third kappa shape index (κ3) is 3.70. The highest BCUT2D eigenvalue weighted by Crippen LogP contribution is 2.25. The van der Waals surface area contributed by atoms with Gasteiger partial charge in [-0.25, -0.2) is 0 Å². The molecule has 1 aliphatic heterocycles. The molecule has 104 valence electrons. The van der Waals surface area contributed by atoms with E-state index >= 15 is 0 Å². The molecule has 0 aromatic carbocycles. The fraction of sp³-hybridized carbons (Fsp3) is 0.846. The summed E-state index contributed by atoms with van der Waals surface area (Å²) >= 11 is 0. The zero-order valence-corrected chi connectivity index (χ0v) is 11.5. The van der Waals surface area contributed by atoms with E-state index in [-0.39, 0.29) is 30.4 Å². The summed E-state index contributed by atoms with van der Waals surface area (Å²) in [5.74, 6) is -0.445. The Kier molecular flexibility index (Phi) is 6.12. The van der Waals surface area contributed by atoms with Gasteiger partial charge in [0.15, 0.2) is 0 Å². The number of likely N-dealkylation sites (N-methyl/N-ethyl adjacent to an activating group) is 1. The highest BCUT2D eigenvalue weighted by Gasteiger charge is 2.35. The van der Waals surface area contributed by atoms with Crippen LogP contribution in [0.4, 0.5) is 0 Å². The van der Waals surface area contributed by atoms with Crippen molar-refractivity contribution in [2.45, 2.75) is 39.7 Å². The number of ether oxygens (including phenoxy) is 2. The molecule has 0 N–H and O–H groups in total. The molecule has 1 saturated heterocycles. The van der Waals surface area contributed by atoms with E-state index in [1.165, 1.54) is 0 Å². The van der Waals surface area contributed by atoms with E-state index in [0.717, 1.165) is 12.8 Å². The van der Waals surface area contributed by atoms with Gasteiger partial charge in [-0.05, 0) is 26.7 Å². The van der Waals surface area contributed by atoms with Crippen molar-refractivity contribution in [2.75, 3.05) is 26.3 Å². The van der Waals surface area contributed by atoms with Gasteiger partial charge in [0.1, 0.15) is 6.54 Å². The van der Waals surface area contributed by atoms with Crippen molar-refractivity contribution in [3.05, 3.63) is 0 Å². The number of carbonyl (C=O) groups is 2. The standard InChI is InChI=1S/C13H23NO4/c1-4-11-10(7-8-18-11)13(16)14(5-2)9-12(15)17-6-3/h10-11H,4-9H2,1-3H3. The van der Waals surface area contributed by atoms with E-state index in [0.29, 0.717) is 19.8 Å². The van der Waals surface area contributed by atoms with Crippen LogP contribution in [-0.4, -0.2) is 49.2 Å². The molecule has 1 heterocycles. The molecular formula is C13H23NO4. The van der Waals surface area contributed by atoms with E-state index in [1.54, 1.807) is 11.8 Å². The first-order valence-electron chi connectivity index (χ1n) is 6.69. The van der Waals surface area contributed by atoms with Crippen molar-refractivity contribution >= 4 is 11.9 Å². The quantitative estimate of drug-likeness (QED) is 0.671. The van der Waals surface area contributed by atoms with Gasteiger partial charge in [-0.3, -0.25) is 9.59 Å². The fourth-order valence-electron chi connectivity index (χ4n) is 2.28. The predicted octanol–water partition coefficient (Wildman–Crippen LogP) is 1.21. The molecule has 0 bridgehead atoms. The number of esters is 1. The normalized spacial score (nSPS) is 22.8. The maximum Gasteiger partial charge on any atom is 0.325 e. The van der Waals surface area contributed by atoms with Crippen molar-refractivity contribution in [2.24, 2.45) is 5.92 Å². The average molecular weight is 257 g/mol. The van der Waals surface area contributed by atoms with E-state index in [9.17, 15) is 9.59 Å². The van der Waals surface area contributed by atoms with Crippen LogP contribution in [0.1, 0.15) is 33.6 Å². The zero-order chi connectivity index (χ0) is 13.5. The molecule has 0 saturated carbocycles. The molecule has 0 aromatic rings.